The van der Waals surface area contributed by atoms with Gasteiger partial charge >= 0.3 is 0 Å². The van der Waals surface area contributed by atoms with E-state index in [0.717, 1.165) is 6.16 Å². The molecule has 4 aromatic carbocycles. The Morgan fingerprint density at radius 3 is 1.64 bits per heavy atom. The third-order valence-electron chi connectivity index (χ3n) is 5.60. The summed E-state index contributed by atoms with van der Waals surface area (Å²) in [4.78, 5) is 0. The second-order valence-corrected chi connectivity index (χ2v) is 10.7. The maximum atomic E-state index is 2.38. The minimum Gasteiger partial charge on any atom is -0.0622 e. The van der Waals surface area contributed by atoms with E-state index >= 15 is 0 Å². The summed E-state index contributed by atoms with van der Waals surface area (Å²) in [5.74, 6) is 0. The van der Waals surface area contributed by atoms with Gasteiger partial charge in [-0.2, -0.15) is 0 Å². The first kappa shape index (κ1) is 17.2. The predicted octanol–water partition coefficient (Wildman–Crippen LogP) is 5.53. The van der Waals surface area contributed by atoms with Gasteiger partial charge in [0.25, 0.3) is 0 Å². The monoisotopic (exact) mass is 377 g/mol. The Morgan fingerprint density at radius 2 is 1.04 bits per heavy atom. The lowest BCUT2D eigenvalue weighted by Gasteiger charge is -2.23. The van der Waals surface area contributed by atoms with Gasteiger partial charge in [0.2, 0.25) is 0 Å². The van der Waals surface area contributed by atoms with Crippen LogP contribution in [0, 0.1) is 0 Å². The van der Waals surface area contributed by atoms with Crippen LogP contribution in [0.1, 0.15) is 11.1 Å². The van der Waals surface area contributed by atoms with E-state index in [-0.39, 0.29) is 0 Å². The molecule has 1 heterocycles. The molecule has 0 aromatic heterocycles. The smallest absolute Gasteiger partial charge is 0.0622 e. The van der Waals surface area contributed by atoms with Crippen molar-refractivity contribution in [2.24, 2.45) is 0 Å². The molecule has 0 radical (unpaired) electrons. The molecule has 0 saturated carbocycles. The SMILES string of the molecule is C(=C1/C[P+](c2ccccc2)(c2ccccc2)c2ccccc21)/c1ccccc1. The second-order valence-electron chi connectivity index (χ2n) is 7.24. The first-order valence-electron chi connectivity index (χ1n) is 9.73. The van der Waals surface area contributed by atoms with Crippen molar-refractivity contribution in [3.05, 3.63) is 126 Å². The van der Waals surface area contributed by atoms with Gasteiger partial charge in [-0.1, -0.05) is 84.9 Å². The summed E-state index contributed by atoms with van der Waals surface area (Å²) in [6, 6.07) is 42.0. The van der Waals surface area contributed by atoms with E-state index in [0.29, 0.717) is 0 Å². The van der Waals surface area contributed by atoms with Gasteiger partial charge in [0.05, 0.1) is 6.16 Å². The highest BCUT2D eigenvalue weighted by Gasteiger charge is 2.52. The van der Waals surface area contributed by atoms with Crippen LogP contribution in [0.5, 0.6) is 0 Å². The van der Waals surface area contributed by atoms with Crippen molar-refractivity contribution in [1.82, 2.24) is 0 Å². The van der Waals surface area contributed by atoms with Crippen LogP contribution in [0.15, 0.2) is 115 Å². The van der Waals surface area contributed by atoms with E-state index in [2.05, 4.69) is 121 Å². The average molecular weight is 377 g/mol. The van der Waals surface area contributed by atoms with Crippen molar-refractivity contribution < 1.29 is 0 Å². The van der Waals surface area contributed by atoms with Gasteiger partial charge in [-0.25, -0.2) is 0 Å². The Kier molecular flexibility index (Phi) is 4.43. The maximum Gasteiger partial charge on any atom is 0.117 e. The number of hydrogen-bond donors (Lipinski definition) is 0. The molecule has 0 fully saturated rings. The van der Waals surface area contributed by atoms with Gasteiger partial charge in [-0.15, -0.1) is 0 Å². The fourth-order valence-corrected chi connectivity index (χ4v) is 8.85. The molecular weight excluding hydrogens is 355 g/mol. The van der Waals surface area contributed by atoms with E-state index in [1.54, 1.807) is 0 Å². The Morgan fingerprint density at radius 1 is 0.536 bits per heavy atom. The lowest BCUT2D eigenvalue weighted by molar-refractivity contribution is 1.63. The molecule has 0 spiro atoms. The molecule has 0 nitrogen and oxygen atoms in total. The van der Waals surface area contributed by atoms with Crippen LogP contribution < -0.4 is 15.9 Å². The van der Waals surface area contributed by atoms with Gasteiger partial charge in [0.15, 0.2) is 0 Å². The molecule has 1 aliphatic rings. The van der Waals surface area contributed by atoms with Crippen molar-refractivity contribution in [3.63, 3.8) is 0 Å². The Bertz CT molecular complexity index is 1070. The molecule has 134 valence electrons. The molecule has 0 saturated heterocycles. The highest BCUT2D eigenvalue weighted by molar-refractivity contribution is 7.96. The molecule has 0 bridgehead atoms. The van der Waals surface area contributed by atoms with Gasteiger partial charge in [0.1, 0.15) is 23.2 Å². The molecular formula is C27H22P+. The first-order valence-corrected chi connectivity index (χ1v) is 11.7. The number of fused-ring (bicyclic) bond motifs is 1. The molecule has 0 unspecified atom stereocenters. The largest absolute Gasteiger partial charge is 0.117 e. The summed E-state index contributed by atoms with van der Waals surface area (Å²) in [5, 5.41) is 4.44. The van der Waals surface area contributed by atoms with Gasteiger partial charge < -0.3 is 0 Å². The van der Waals surface area contributed by atoms with Crippen LogP contribution in [0.3, 0.4) is 0 Å². The molecule has 0 amide bonds. The number of hydrogen-bond acceptors (Lipinski definition) is 0. The third kappa shape index (κ3) is 2.82. The van der Waals surface area contributed by atoms with E-state index < -0.39 is 7.26 Å². The summed E-state index contributed by atoms with van der Waals surface area (Å²) >= 11 is 0. The quantitative estimate of drug-likeness (QED) is 0.412. The van der Waals surface area contributed by atoms with E-state index in [1.807, 2.05) is 0 Å². The fraction of sp³-hybridized carbons (Fsp3) is 0.0370. The highest BCUT2D eigenvalue weighted by Crippen LogP contribution is 2.62. The lowest BCUT2D eigenvalue weighted by Crippen LogP contribution is -2.30. The zero-order valence-electron chi connectivity index (χ0n) is 15.7. The summed E-state index contributed by atoms with van der Waals surface area (Å²) in [6.07, 6.45) is 3.46. The maximum absolute atomic E-state index is 2.38. The average Bonchev–Trinajstić information content (AvgIpc) is 3.11. The van der Waals surface area contributed by atoms with Crippen molar-refractivity contribution in [1.29, 1.82) is 0 Å². The molecule has 1 heteroatoms. The second kappa shape index (κ2) is 7.23. The van der Waals surface area contributed by atoms with Crippen LogP contribution in [0.2, 0.25) is 0 Å². The summed E-state index contributed by atoms with van der Waals surface area (Å²) in [5.41, 5.74) is 4.13. The fourth-order valence-electron chi connectivity index (χ4n) is 4.35. The van der Waals surface area contributed by atoms with Crippen molar-refractivity contribution in [2.45, 2.75) is 0 Å². The minimum absolute atomic E-state index is 1.08. The van der Waals surface area contributed by atoms with Crippen LogP contribution in [0.25, 0.3) is 11.6 Å². The van der Waals surface area contributed by atoms with Crippen LogP contribution in [-0.2, 0) is 0 Å². The molecule has 28 heavy (non-hydrogen) atoms. The van der Waals surface area contributed by atoms with Crippen molar-refractivity contribution in [3.8, 4) is 0 Å². The van der Waals surface area contributed by atoms with Gasteiger partial charge in [-0.05, 0) is 42.0 Å². The van der Waals surface area contributed by atoms with Crippen molar-refractivity contribution in [2.75, 3.05) is 6.16 Å². The zero-order valence-corrected chi connectivity index (χ0v) is 16.6. The minimum atomic E-state index is -1.70. The normalized spacial score (nSPS) is 16.1. The highest BCUT2D eigenvalue weighted by atomic mass is 31.2. The molecule has 0 atom stereocenters. The molecule has 0 N–H and O–H groups in total. The van der Waals surface area contributed by atoms with Crippen LogP contribution in [0.4, 0.5) is 0 Å². The van der Waals surface area contributed by atoms with E-state index in [1.165, 1.54) is 32.6 Å². The molecule has 5 rings (SSSR count). The van der Waals surface area contributed by atoms with Gasteiger partial charge in [0, 0.05) is 11.1 Å². The zero-order chi connectivity index (χ0) is 18.8. The summed E-state index contributed by atoms with van der Waals surface area (Å²) in [7, 11) is -1.70. The number of allylic oxidation sites excluding steroid dienone is 1. The topological polar surface area (TPSA) is 0 Å². The summed E-state index contributed by atoms with van der Waals surface area (Å²) < 4.78 is 0. The van der Waals surface area contributed by atoms with Crippen LogP contribution in [-0.4, -0.2) is 6.16 Å². The Balaban J connectivity index is 1.78. The number of rotatable bonds is 3. The van der Waals surface area contributed by atoms with Crippen molar-refractivity contribution >= 4 is 34.8 Å². The Hall–Kier alpha value is -2.95. The predicted molar refractivity (Wildman–Crippen MR) is 124 cm³/mol. The van der Waals surface area contributed by atoms with Gasteiger partial charge in [-0.3, -0.25) is 0 Å². The standard InChI is InChI=1S/C27H22P/c1-4-12-22(13-5-1)20-23-21-28(24-14-6-2-7-15-24,25-16-8-3-9-17-25)27-19-11-10-18-26(23)27/h1-20H,21H2/q+1/b23-20+. The summed E-state index contributed by atoms with van der Waals surface area (Å²) in [6.45, 7) is 0. The third-order valence-corrected chi connectivity index (χ3v) is 9.99. The van der Waals surface area contributed by atoms with E-state index in [4.69, 9.17) is 0 Å². The molecule has 0 aliphatic carbocycles. The Labute approximate surface area is 167 Å². The lowest BCUT2D eigenvalue weighted by atomic mass is 10.0. The first-order chi connectivity index (χ1) is 13.9. The van der Waals surface area contributed by atoms with Crippen LogP contribution >= 0.6 is 7.26 Å². The molecule has 4 aromatic rings. The number of benzene rings is 4. The molecule has 1 aliphatic heterocycles. The van der Waals surface area contributed by atoms with E-state index in [9.17, 15) is 0 Å².